The summed E-state index contributed by atoms with van der Waals surface area (Å²) in [5.74, 6) is -0.0291. The third-order valence-electron chi connectivity index (χ3n) is 5.05. The summed E-state index contributed by atoms with van der Waals surface area (Å²) in [7, 11) is 0. The molecule has 3 nitrogen and oxygen atoms in total. The molecule has 0 bridgehead atoms. The Bertz CT molecular complexity index is 291. The Hall–Kier alpha value is -0.570. The first-order chi connectivity index (χ1) is 12.1. The number of hydrogen-bond acceptors (Lipinski definition) is 3. The fourth-order valence-corrected chi connectivity index (χ4v) is 2.99. The second-order valence-electron chi connectivity index (χ2n) is 7.55. The third-order valence-corrected chi connectivity index (χ3v) is 5.05. The first kappa shape index (κ1) is 24.4. The summed E-state index contributed by atoms with van der Waals surface area (Å²) in [6, 6.07) is 0. The van der Waals surface area contributed by atoms with Gasteiger partial charge in [0.2, 0.25) is 0 Å². The van der Waals surface area contributed by atoms with Crippen molar-refractivity contribution >= 4 is 5.97 Å². The molecule has 0 aliphatic carbocycles. The molecule has 0 rings (SSSR count). The van der Waals surface area contributed by atoms with Crippen LogP contribution in [0.1, 0.15) is 124 Å². The van der Waals surface area contributed by atoms with E-state index < -0.39 is 0 Å². The Morgan fingerprint density at radius 1 is 0.760 bits per heavy atom. The standard InChI is InChI=1S/C22H44O3/c1-4-20(3)25-22(24)19-17-15-13-11-9-7-6-8-10-12-14-16-18-21(23)5-2/h20-21,23H,4-19H2,1-3H3. The van der Waals surface area contributed by atoms with Crippen molar-refractivity contribution in [3.8, 4) is 0 Å². The quantitative estimate of drug-likeness (QED) is 0.223. The van der Waals surface area contributed by atoms with Gasteiger partial charge in [-0.05, 0) is 32.6 Å². The molecule has 0 aliphatic rings. The van der Waals surface area contributed by atoms with Crippen molar-refractivity contribution < 1.29 is 14.6 Å². The topological polar surface area (TPSA) is 46.5 Å². The molecule has 0 saturated heterocycles. The summed E-state index contributed by atoms with van der Waals surface area (Å²) < 4.78 is 5.27. The summed E-state index contributed by atoms with van der Waals surface area (Å²) in [6.07, 6.45) is 18.5. The lowest BCUT2D eigenvalue weighted by molar-refractivity contribution is -0.148. The number of esters is 1. The average molecular weight is 357 g/mol. The van der Waals surface area contributed by atoms with Crippen molar-refractivity contribution in [2.24, 2.45) is 0 Å². The van der Waals surface area contributed by atoms with E-state index in [4.69, 9.17) is 4.74 Å². The van der Waals surface area contributed by atoms with Gasteiger partial charge in [0.05, 0.1) is 12.2 Å². The normalized spacial score (nSPS) is 13.6. The molecular weight excluding hydrogens is 312 g/mol. The predicted octanol–water partition coefficient (Wildman–Crippen LogP) is 6.56. The second kappa shape index (κ2) is 18.2. The second-order valence-corrected chi connectivity index (χ2v) is 7.55. The van der Waals surface area contributed by atoms with Crippen LogP contribution in [-0.2, 0) is 9.53 Å². The van der Waals surface area contributed by atoms with Crippen molar-refractivity contribution in [3.05, 3.63) is 0 Å². The predicted molar refractivity (Wildman–Crippen MR) is 107 cm³/mol. The van der Waals surface area contributed by atoms with E-state index in [1.807, 2.05) is 20.8 Å². The van der Waals surface area contributed by atoms with Crippen LogP contribution in [0.5, 0.6) is 0 Å². The van der Waals surface area contributed by atoms with Gasteiger partial charge in [-0.3, -0.25) is 4.79 Å². The minimum absolute atomic E-state index is 0.0291. The van der Waals surface area contributed by atoms with E-state index in [0.29, 0.717) is 6.42 Å². The highest BCUT2D eigenvalue weighted by Crippen LogP contribution is 2.14. The van der Waals surface area contributed by atoms with Crippen LogP contribution in [0.3, 0.4) is 0 Å². The highest BCUT2D eigenvalue weighted by Gasteiger charge is 2.06. The Kier molecular flexibility index (Phi) is 17.8. The largest absolute Gasteiger partial charge is 0.463 e. The zero-order valence-electron chi connectivity index (χ0n) is 17.2. The summed E-state index contributed by atoms with van der Waals surface area (Å²) in [4.78, 5) is 11.5. The summed E-state index contributed by atoms with van der Waals surface area (Å²) in [5.41, 5.74) is 0. The summed E-state index contributed by atoms with van der Waals surface area (Å²) in [5, 5.41) is 9.48. The molecule has 2 unspecified atom stereocenters. The van der Waals surface area contributed by atoms with E-state index in [-0.39, 0.29) is 18.2 Å². The van der Waals surface area contributed by atoms with E-state index in [2.05, 4.69) is 0 Å². The Labute approximate surface area is 156 Å². The van der Waals surface area contributed by atoms with Crippen LogP contribution in [0.4, 0.5) is 0 Å². The third kappa shape index (κ3) is 18.0. The maximum Gasteiger partial charge on any atom is 0.306 e. The highest BCUT2D eigenvalue weighted by molar-refractivity contribution is 5.69. The maximum atomic E-state index is 11.5. The summed E-state index contributed by atoms with van der Waals surface area (Å²) in [6.45, 7) is 6.04. The molecule has 0 aromatic rings. The molecule has 150 valence electrons. The van der Waals surface area contributed by atoms with Gasteiger partial charge in [0.25, 0.3) is 0 Å². The number of unbranched alkanes of at least 4 members (excludes halogenated alkanes) is 11. The van der Waals surface area contributed by atoms with Crippen molar-refractivity contribution in [2.45, 2.75) is 136 Å². The zero-order chi connectivity index (χ0) is 18.8. The van der Waals surface area contributed by atoms with E-state index in [1.165, 1.54) is 64.2 Å². The van der Waals surface area contributed by atoms with Crippen molar-refractivity contribution in [1.82, 2.24) is 0 Å². The number of carbonyl (C=O) groups excluding carboxylic acids is 1. The lowest BCUT2D eigenvalue weighted by Crippen LogP contribution is -2.13. The lowest BCUT2D eigenvalue weighted by Gasteiger charge is -2.10. The first-order valence-corrected chi connectivity index (χ1v) is 11.0. The molecule has 0 aromatic heterocycles. The minimum atomic E-state index is -0.0782. The molecule has 0 heterocycles. The Morgan fingerprint density at radius 2 is 1.20 bits per heavy atom. The van der Waals surface area contributed by atoms with Gasteiger partial charge in [-0.1, -0.05) is 84.5 Å². The van der Waals surface area contributed by atoms with Crippen molar-refractivity contribution in [3.63, 3.8) is 0 Å². The number of rotatable bonds is 18. The number of aliphatic hydroxyl groups is 1. The molecule has 1 N–H and O–H groups in total. The van der Waals surface area contributed by atoms with Gasteiger partial charge in [0.1, 0.15) is 0 Å². The first-order valence-electron chi connectivity index (χ1n) is 11.0. The molecule has 0 aromatic carbocycles. The van der Waals surface area contributed by atoms with Gasteiger partial charge in [0, 0.05) is 6.42 Å². The van der Waals surface area contributed by atoms with Gasteiger partial charge in [-0.15, -0.1) is 0 Å². The monoisotopic (exact) mass is 356 g/mol. The van der Waals surface area contributed by atoms with Crippen LogP contribution >= 0.6 is 0 Å². The van der Waals surface area contributed by atoms with Gasteiger partial charge < -0.3 is 9.84 Å². The van der Waals surface area contributed by atoms with Crippen LogP contribution in [0.25, 0.3) is 0 Å². The van der Waals surface area contributed by atoms with Crippen molar-refractivity contribution in [2.75, 3.05) is 0 Å². The molecule has 0 aliphatic heterocycles. The van der Waals surface area contributed by atoms with E-state index in [1.54, 1.807) is 0 Å². The summed E-state index contributed by atoms with van der Waals surface area (Å²) >= 11 is 0. The van der Waals surface area contributed by atoms with Crippen molar-refractivity contribution in [1.29, 1.82) is 0 Å². The molecule has 25 heavy (non-hydrogen) atoms. The van der Waals surface area contributed by atoms with Crippen LogP contribution in [0, 0.1) is 0 Å². The molecular formula is C22H44O3. The van der Waals surface area contributed by atoms with Gasteiger partial charge in [0.15, 0.2) is 0 Å². The van der Waals surface area contributed by atoms with Crippen LogP contribution in [-0.4, -0.2) is 23.3 Å². The molecule has 0 saturated carbocycles. The Morgan fingerprint density at radius 3 is 1.64 bits per heavy atom. The van der Waals surface area contributed by atoms with E-state index >= 15 is 0 Å². The lowest BCUT2D eigenvalue weighted by atomic mass is 10.0. The SMILES string of the molecule is CCC(O)CCCCCCCCCCCCCCC(=O)OC(C)CC. The minimum Gasteiger partial charge on any atom is -0.463 e. The maximum absolute atomic E-state index is 11.5. The molecule has 0 spiro atoms. The molecule has 0 amide bonds. The van der Waals surface area contributed by atoms with Gasteiger partial charge in [-0.2, -0.15) is 0 Å². The average Bonchev–Trinajstić information content (AvgIpc) is 2.61. The van der Waals surface area contributed by atoms with E-state index in [9.17, 15) is 9.90 Å². The van der Waals surface area contributed by atoms with Gasteiger partial charge in [-0.25, -0.2) is 0 Å². The zero-order valence-corrected chi connectivity index (χ0v) is 17.2. The number of hydrogen-bond donors (Lipinski definition) is 1. The molecule has 3 heteroatoms. The molecule has 0 radical (unpaired) electrons. The smallest absolute Gasteiger partial charge is 0.306 e. The number of carbonyl (C=O) groups is 1. The molecule has 0 fully saturated rings. The fourth-order valence-electron chi connectivity index (χ4n) is 2.99. The highest BCUT2D eigenvalue weighted by atomic mass is 16.5. The van der Waals surface area contributed by atoms with Gasteiger partial charge >= 0.3 is 5.97 Å². The number of aliphatic hydroxyl groups excluding tert-OH is 1. The van der Waals surface area contributed by atoms with Crippen LogP contribution < -0.4 is 0 Å². The fraction of sp³-hybridized carbons (Fsp3) is 0.955. The Balaban J connectivity index is 3.15. The molecule has 2 atom stereocenters. The van der Waals surface area contributed by atoms with Crippen LogP contribution in [0.15, 0.2) is 0 Å². The van der Waals surface area contributed by atoms with Crippen LogP contribution in [0.2, 0.25) is 0 Å². The number of ether oxygens (including phenoxy) is 1. The van der Waals surface area contributed by atoms with E-state index in [0.717, 1.165) is 32.1 Å².